The molecule has 1 rings (SSSR count). The highest BCUT2D eigenvalue weighted by molar-refractivity contribution is 5.99. The predicted molar refractivity (Wildman–Crippen MR) is 298 cm³/mol. The molecule has 1 fully saturated rings. The maximum Gasteiger partial charge on any atom is 0.245 e. The van der Waals surface area contributed by atoms with Gasteiger partial charge in [0.25, 0.3) is 0 Å². The van der Waals surface area contributed by atoms with E-state index in [0.29, 0.717) is 6.42 Å². The fourth-order valence-electron chi connectivity index (χ4n) is 9.28. The minimum absolute atomic E-state index is 0.0560. The van der Waals surface area contributed by atoms with Crippen molar-refractivity contribution in [3.05, 3.63) is 0 Å². The smallest absolute Gasteiger partial charge is 0.245 e. The maximum absolute atomic E-state index is 14.3. The Morgan fingerprint density at radius 2 is 1.14 bits per heavy atom. The van der Waals surface area contributed by atoms with E-state index in [1.165, 1.54) is 13.8 Å². The first-order valence-electron chi connectivity index (χ1n) is 28.5. The molecule has 0 spiro atoms. The van der Waals surface area contributed by atoms with Gasteiger partial charge in [0.15, 0.2) is 11.6 Å². The number of Topliss-reactive ketones (excluding diaryl/α,β-unsaturated/α-hetero) is 3. The van der Waals surface area contributed by atoms with Gasteiger partial charge in [-0.1, -0.05) is 60.3 Å². The number of hydrogen-bond donors (Lipinski definition) is 15. The molecule has 26 heteroatoms. The van der Waals surface area contributed by atoms with Crippen molar-refractivity contribution in [2.75, 3.05) is 39.3 Å². The fraction of sp³-hybridized carbons (Fsp3) is 0.796. The molecule has 8 amide bonds. The van der Waals surface area contributed by atoms with Crippen LogP contribution in [-0.4, -0.2) is 174 Å². The van der Waals surface area contributed by atoms with E-state index in [9.17, 15) is 68.1 Å². The number of carbonyl (C=O) groups is 11. The standard InChI is InChI=1S/C54H98N12O14/c1-8-9-10-11-12-13-37(70)26-34(14-19-55)48(74)65-45(32(6)68)44(72)27-35(15-20-56)47(73)60-40-18-23-59-54(80)46(33(7)69)66-52(78)39(17-22-58)61-50(76)38(16-21-57)62-53(79)41(25-31(4)5)63-49(75)36(24-30(2)3)28-43(71)42(29-67)64-51(40)77/h30-36,38-42,45-46,67-69H,8-29,55-58H2,1-7H3,(H,59,80)(H,60,73)(H,61,76)(H,62,79)(H,63,75)(H,64,77)(H,65,74)(H,66,78)/t32-,33-,34-,35-,36+,38+,39+,40+,41+,42+,45+,46+/m1/s1. The van der Waals surface area contributed by atoms with E-state index in [-0.39, 0.29) is 95.2 Å². The van der Waals surface area contributed by atoms with Crippen LogP contribution < -0.4 is 65.5 Å². The molecule has 1 aliphatic rings. The van der Waals surface area contributed by atoms with Gasteiger partial charge in [-0.25, -0.2) is 0 Å². The summed E-state index contributed by atoms with van der Waals surface area (Å²) in [5.41, 5.74) is 23.3. The second-order valence-corrected chi connectivity index (χ2v) is 21.9. The third kappa shape index (κ3) is 26.8. The van der Waals surface area contributed by atoms with E-state index in [4.69, 9.17) is 22.9 Å². The monoisotopic (exact) mass is 1140 g/mol. The van der Waals surface area contributed by atoms with Crippen molar-refractivity contribution in [3.8, 4) is 0 Å². The van der Waals surface area contributed by atoms with Crippen LogP contribution in [0.1, 0.15) is 151 Å². The van der Waals surface area contributed by atoms with E-state index in [2.05, 4.69) is 49.5 Å². The Kier molecular flexibility index (Phi) is 35.4. The number of carbonyl (C=O) groups excluding carboxylic acids is 11. The number of rotatable bonds is 30. The van der Waals surface area contributed by atoms with Crippen molar-refractivity contribution in [1.82, 2.24) is 42.5 Å². The number of nitrogens with two attached hydrogens (primary N) is 4. The third-order valence-corrected chi connectivity index (χ3v) is 13.8. The zero-order valence-electron chi connectivity index (χ0n) is 48.3. The summed E-state index contributed by atoms with van der Waals surface area (Å²) in [5.74, 6) is -12.3. The summed E-state index contributed by atoms with van der Waals surface area (Å²) in [4.78, 5) is 152. The average molecular weight is 1140 g/mol. The number of hydrogen-bond acceptors (Lipinski definition) is 18. The Morgan fingerprint density at radius 1 is 0.613 bits per heavy atom. The number of unbranched alkanes of at least 4 members (excludes halogenated alkanes) is 4. The molecule has 1 heterocycles. The van der Waals surface area contributed by atoms with Gasteiger partial charge in [-0.05, 0) is 103 Å². The van der Waals surface area contributed by atoms with Crippen LogP contribution in [0.15, 0.2) is 0 Å². The second-order valence-electron chi connectivity index (χ2n) is 21.9. The summed E-state index contributed by atoms with van der Waals surface area (Å²) in [6, 6.07) is -10.5. The molecule has 0 aromatic rings. The van der Waals surface area contributed by atoms with E-state index in [0.717, 1.165) is 25.7 Å². The summed E-state index contributed by atoms with van der Waals surface area (Å²) < 4.78 is 0. The molecule has 0 aliphatic carbocycles. The van der Waals surface area contributed by atoms with E-state index in [1.54, 1.807) is 27.7 Å². The molecule has 26 nitrogen and oxygen atoms in total. The van der Waals surface area contributed by atoms with Gasteiger partial charge in [-0.3, -0.25) is 52.7 Å². The molecular formula is C54H98N12O14. The largest absolute Gasteiger partial charge is 0.394 e. The van der Waals surface area contributed by atoms with Crippen molar-refractivity contribution in [1.29, 1.82) is 0 Å². The first-order chi connectivity index (χ1) is 37.8. The second kappa shape index (κ2) is 39.0. The number of aliphatic hydroxyl groups excluding tert-OH is 3. The van der Waals surface area contributed by atoms with Crippen LogP contribution in [0.25, 0.3) is 0 Å². The number of amides is 8. The Hall–Kier alpha value is -5.51. The average Bonchev–Trinajstić information content (AvgIpc) is 3.38. The van der Waals surface area contributed by atoms with Crippen LogP contribution in [-0.2, 0) is 52.7 Å². The molecule has 12 atom stereocenters. The van der Waals surface area contributed by atoms with Crippen molar-refractivity contribution in [2.24, 2.45) is 52.5 Å². The lowest BCUT2D eigenvalue weighted by atomic mass is 9.89. The van der Waals surface area contributed by atoms with Gasteiger partial charge in [0, 0.05) is 50.0 Å². The Bertz CT molecular complexity index is 2010. The normalized spacial score (nSPS) is 23.5. The lowest BCUT2D eigenvalue weighted by molar-refractivity contribution is -0.137. The van der Waals surface area contributed by atoms with Gasteiger partial charge < -0.3 is 80.8 Å². The van der Waals surface area contributed by atoms with Crippen LogP contribution in [0.3, 0.4) is 0 Å². The quantitative estimate of drug-likeness (QED) is 0.0324. The highest BCUT2D eigenvalue weighted by Crippen LogP contribution is 2.20. The minimum atomic E-state index is -1.67. The van der Waals surface area contributed by atoms with Gasteiger partial charge in [-0.2, -0.15) is 0 Å². The predicted octanol–water partition coefficient (Wildman–Crippen LogP) is -2.77. The topological polar surface area (TPSA) is 449 Å². The van der Waals surface area contributed by atoms with Gasteiger partial charge in [0.05, 0.1) is 18.8 Å². The number of aliphatic hydroxyl groups is 3. The minimum Gasteiger partial charge on any atom is -0.394 e. The highest BCUT2D eigenvalue weighted by Gasteiger charge is 2.38. The maximum atomic E-state index is 14.3. The summed E-state index contributed by atoms with van der Waals surface area (Å²) >= 11 is 0. The summed E-state index contributed by atoms with van der Waals surface area (Å²) in [5, 5.41) is 52.3. The van der Waals surface area contributed by atoms with Crippen LogP contribution >= 0.6 is 0 Å². The fourth-order valence-corrected chi connectivity index (χ4v) is 9.28. The number of nitrogens with one attached hydrogen (secondary N) is 8. The molecule has 0 radical (unpaired) electrons. The van der Waals surface area contributed by atoms with Crippen LogP contribution in [0.2, 0.25) is 0 Å². The summed E-state index contributed by atoms with van der Waals surface area (Å²) in [7, 11) is 0. The molecule has 0 saturated carbocycles. The molecule has 0 aromatic heterocycles. The summed E-state index contributed by atoms with van der Waals surface area (Å²) in [6.07, 6.45) is -0.0329. The van der Waals surface area contributed by atoms with Gasteiger partial charge in [0.1, 0.15) is 48.1 Å². The molecule has 80 heavy (non-hydrogen) atoms. The van der Waals surface area contributed by atoms with Crippen molar-refractivity contribution >= 4 is 64.6 Å². The van der Waals surface area contributed by atoms with Crippen LogP contribution in [0.5, 0.6) is 0 Å². The first kappa shape index (κ1) is 72.5. The van der Waals surface area contributed by atoms with Gasteiger partial charge in [-0.15, -0.1) is 0 Å². The molecule has 1 aliphatic heterocycles. The summed E-state index contributed by atoms with van der Waals surface area (Å²) in [6.45, 7) is 9.95. The van der Waals surface area contributed by atoms with E-state index < -0.39 is 163 Å². The van der Waals surface area contributed by atoms with Crippen molar-refractivity contribution in [2.45, 2.75) is 206 Å². The van der Waals surface area contributed by atoms with E-state index >= 15 is 0 Å². The first-order valence-corrected chi connectivity index (χ1v) is 28.5. The van der Waals surface area contributed by atoms with Crippen molar-refractivity contribution < 1.29 is 68.1 Å². The van der Waals surface area contributed by atoms with Gasteiger partial charge >= 0.3 is 0 Å². The Morgan fingerprint density at radius 3 is 1.65 bits per heavy atom. The van der Waals surface area contributed by atoms with E-state index in [1.807, 2.05) is 0 Å². The molecule has 1 saturated heterocycles. The molecule has 0 unspecified atom stereocenters. The zero-order valence-corrected chi connectivity index (χ0v) is 48.3. The molecular weight excluding hydrogens is 1040 g/mol. The number of ketones is 3. The lowest BCUT2D eigenvalue weighted by Crippen LogP contribution is -2.60. The Balaban J connectivity index is 3.78. The molecule has 19 N–H and O–H groups in total. The third-order valence-electron chi connectivity index (χ3n) is 13.8. The Labute approximate surface area is 471 Å². The SMILES string of the molecule is CCCCCCCC(=O)C[C@@H](CCN)C(=O)N[C@H](C(=O)C[C@@H](CCN)C(=O)N[C@H]1CCNC(=O)[C@H]([C@@H](C)O)NC(=O)[C@H](CCN)NC(=O)[C@H](CCN)NC(=O)[C@H](CC(C)C)NC(=O)[C@@H](CC(C)C)CC(=O)[C@H](CO)NC1=O)[C@@H](C)O. The molecule has 0 bridgehead atoms. The van der Waals surface area contributed by atoms with Crippen LogP contribution in [0.4, 0.5) is 0 Å². The lowest BCUT2D eigenvalue weighted by Gasteiger charge is -2.28. The van der Waals surface area contributed by atoms with Crippen molar-refractivity contribution in [3.63, 3.8) is 0 Å². The molecule has 0 aromatic carbocycles. The van der Waals surface area contributed by atoms with Gasteiger partial charge in [0.2, 0.25) is 47.3 Å². The highest BCUT2D eigenvalue weighted by atomic mass is 16.3. The zero-order chi connectivity index (χ0) is 60.6. The van der Waals surface area contributed by atoms with Crippen LogP contribution in [0, 0.1) is 29.6 Å². The molecule has 458 valence electrons.